The maximum Gasteiger partial charge on any atom is 0.417 e. The molecule has 3 nitrogen and oxygen atoms in total. The quantitative estimate of drug-likeness (QED) is 0.769. The molecule has 108 valence electrons. The van der Waals surface area contributed by atoms with E-state index in [1.54, 1.807) is 18.2 Å². The van der Waals surface area contributed by atoms with Crippen LogP contribution >= 0.6 is 15.9 Å². The van der Waals surface area contributed by atoms with Crippen molar-refractivity contribution in [2.45, 2.75) is 6.18 Å². The molecule has 0 aliphatic heterocycles. The Bertz CT molecular complexity index is 720. The van der Waals surface area contributed by atoms with Gasteiger partial charge in [-0.3, -0.25) is 0 Å². The van der Waals surface area contributed by atoms with Gasteiger partial charge in [0.25, 0.3) is 0 Å². The Balaban J connectivity index is 2.40. The SMILES string of the molecule is N#Cc1ccc(Nc2ccc(Br)cc2N)cc1C(F)(F)F. The first-order valence-electron chi connectivity index (χ1n) is 5.74. The van der Waals surface area contributed by atoms with Gasteiger partial charge < -0.3 is 11.1 Å². The zero-order chi connectivity index (χ0) is 15.6. The summed E-state index contributed by atoms with van der Waals surface area (Å²) in [4.78, 5) is 0. The van der Waals surface area contributed by atoms with E-state index in [1.165, 1.54) is 12.1 Å². The van der Waals surface area contributed by atoms with Crippen molar-refractivity contribution in [3.63, 3.8) is 0 Å². The lowest BCUT2D eigenvalue weighted by Gasteiger charge is -2.13. The van der Waals surface area contributed by atoms with Gasteiger partial charge in [-0.25, -0.2) is 0 Å². The van der Waals surface area contributed by atoms with E-state index in [2.05, 4.69) is 21.2 Å². The zero-order valence-corrected chi connectivity index (χ0v) is 12.1. The Morgan fingerprint density at radius 1 is 1.14 bits per heavy atom. The van der Waals surface area contributed by atoms with E-state index < -0.39 is 17.3 Å². The maximum atomic E-state index is 12.9. The normalized spacial score (nSPS) is 11.0. The van der Waals surface area contributed by atoms with Gasteiger partial charge in [-0.2, -0.15) is 18.4 Å². The summed E-state index contributed by atoms with van der Waals surface area (Å²) < 4.78 is 39.4. The minimum atomic E-state index is -4.59. The fourth-order valence-electron chi connectivity index (χ4n) is 1.76. The highest BCUT2D eigenvalue weighted by atomic mass is 79.9. The van der Waals surface area contributed by atoms with Crippen LogP contribution in [0, 0.1) is 11.3 Å². The molecule has 0 radical (unpaired) electrons. The lowest BCUT2D eigenvalue weighted by molar-refractivity contribution is -0.137. The molecule has 0 spiro atoms. The van der Waals surface area contributed by atoms with Crippen LogP contribution in [0.15, 0.2) is 40.9 Å². The fraction of sp³-hybridized carbons (Fsp3) is 0.0714. The minimum absolute atomic E-state index is 0.204. The molecule has 0 saturated carbocycles. The highest BCUT2D eigenvalue weighted by Gasteiger charge is 2.33. The average Bonchev–Trinajstić information content (AvgIpc) is 2.41. The van der Waals surface area contributed by atoms with Crippen LogP contribution in [0.25, 0.3) is 0 Å². The van der Waals surface area contributed by atoms with E-state index in [0.717, 1.165) is 16.6 Å². The van der Waals surface area contributed by atoms with Crippen LogP contribution in [0.1, 0.15) is 11.1 Å². The number of nitrogen functional groups attached to an aromatic ring is 1. The molecule has 0 bridgehead atoms. The number of nitriles is 1. The monoisotopic (exact) mass is 355 g/mol. The van der Waals surface area contributed by atoms with Crippen molar-refractivity contribution < 1.29 is 13.2 Å². The van der Waals surface area contributed by atoms with Crippen LogP contribution in [-0.2, 0) is 6.18 Å². The van der Waals surface area contributed by atoms with Crippen LogP contribution in [0.4, 0.5) is 30.2 Å². The van der Waals surface area contributed by atoms with Gasteiger partial charge in [0.05, 0.1) is 28.6 Å². The topological polar surface area (TPSA) is 61.8 Å². The molecule has 0 unspecified atom stereocenters. The Hall–Kier alpha value is -2.20. The Morgan fingerprint density at radius 3 is 2.43 bits per heavy atom. The molecule has 0 aromatic heterocycles. The van der Waals surface area contributed by atoms with Crippen LogP contribution in [0.3, 0.4) is 0 Å². The van der Waals surface area contributed by atoms with Crippen LogP contribution in [0.2, 0.25) is 0 Å². The van der Waals surface area contributed by atoms with Gasteiger partial charge in [-0.05, 0) is 36.4 Å². The molecular weight excluding hydrogens is 347 g/mol. The van der Waals surface area contributed by atoms with Crippen LogP contribution in [-0.4, -0.2) is 0 Å². The van der Waals surface area contributed by atoms with Crippen molar-refractivity contribution in [1.29, 1.82) is 5.26 Å². The third-order valence-electron chi connectivity index (χ3n) is 2.74. The molecular formula is C14H9BrF3N3. The predicted octanol–water partition coefficient (Wildman–Crippen LogP) is 4.67. The third kappa shape index (κ3) is 3.47. The lowest BCUT2D eigenvalue weighted by atomic mass is 10.1. The molecule has 0 saturated heterocycles. The van der Waals surface area contributed by atoms with Gasteiger partial charge in [-0.1, -0.05) is 15.9 Å². The number of halogens is 4. The summed E-state index contributed by atoms with van der Waals surface area (Å²) in [5, 5.41) is 11.5. The summed E-state index contributed by atoms with van der Waals surface area (Å²) in [6, 6.07) is 9.94. The van der Waals surface area contributed by atoms with E-state index in [1.807, 2.05) is 0 Å². The number of nitrogens with one attached hydrogen (secondary N) is 1. The summed E-state index contributed by atoms with van der Waals surface area (Å²) in [5.41, 5.74) is 5.46. The summed E-state index contributed by atoms with van der Waals surface area (Å²) >= 11 is 3.25. The number of anilines is 3. The van der Waals surface area contributed by atoms with Crippen molar-refractivity contribution in [3.8, 4) is 6.07 Å². The number of alkyl halides is 3. The van der Waals surface area contributed by atoms with Gasteiger partial charge in [-0.15, -0.1) is 0 Å². The van der Waals surface area contributed by atoms with Crippen molar-refractivity contribution in [2.24, 2.45) is 0 Å². The highest BCUT2D eigenvalue weighted by Crippen LogP contribution is 2.35. The second kappa shape index (κ2) is 5.66. The van der Waals surface area contributed by atoms with Crippen LogP contribution in [0.5, 0.6) is 0 Å². The van der Waals surface area contributed by atoms with Gasteiger partial charge >= 0.3 is 6.18 Å². The molecule has 3 N–H and O–H groups in total. The molecule has 2 aromatic rings. The maximum absolute atomic E-state index is 12.9. The van der Waals surface area contributed by atoms with Gasteiger partial charge in [0.2, 0.25) is 0 Å². The molecule has 0 heterocycles. The van der Waals surface area contributed by atoms with Gasteiger partial charge in [0, 0.05) is 10.2 Å². The first-order valence-corrected chi connectivity index (χ1v) is 6.54. The van der Waals surface area contributed by atoms with Gasteiger partial charge in [0.15, 0.2) is 0 Å². The largest absolute Gasteiger partial charge is 0.417 e. The number of rotatable bonds is 2. The zero-order valence-electron chi connectivity index (χ0n) is 10.5. The summed E-state index contributed by atoms with van der Waals surface area (Å²) in [7, 11) is 0. The first kappa shape index (κ1) is 15.2. The van der Waals surface area contributed by atoms with E-state index >= 15 is 0 Å². The predicted molar refractivity (Wildman–Crippen MR) is 78.0 cm³/mol. The standard InChI is InChI=1S/C14H9BrF3N3/c15-9-2-4-13(12(20)5-9)21-10-3-1-8(7-19)11(6-10)14(16,17)18/h1-6,21H,20H2. The summed E-state index contributed by atoms with van der Waals surface area (Å²) in [6.07, 6.45) is -4.59. The second-order valence-corrected chi connectivity index (χ2v) is 5.14. The number of benzene rings is 2. The minimum Gasteiger partial charge on any atom is -0.397 e. The van der Waals surface area contributed by atoms with E-state index in [-0.39, 0.29) is 5.69 Å². The average molecular weight is 356 g/mol. The molecule has 7 heteroatoms. The molecule has 21 heavy (non-hydrogen) atoms. The van der Waals surface area contributed by atoms with Crippen molar-refractivity contribution in [3.05, 3.63) is 52.0 Å². The Morgan fingerprint density at radius 2 is 1.86 bits per heavy atom. The second-order valence-electron chi connectivity index (χ2n) is 4.23. The first-order chi connectivity index (χ1) is 9.81. The van der Waals surface area contributed by atoms with Crippen LogP contribution < -0.4 is 11.1 Å². The summed E-state index contributed by atoms with van der Waals surface area (Å²) in [5.74, 6) is 0. The molecule has 0 amide bonds. The van der Waals surface area contributed by atoms with Crippen molar-refractivity contribution >= 4 is 33.0 Å². The number of hydrogen-bond donors (Lipinski definition) is 2. The third-order valence-corrected chi connectivity index (χ3v) is 3.23. The van der Waals surface area contributed by atoms with E-state index in [0.29, 0.717) is 11.4 Å². The lowest BCUT2D eigenvalue weighted by Crippen LogP contribution is -2.08. The Labute approximate surface area is 127 Å². The van der Waals surface area contributed by atoms with Gasteiger partial charge in [0.1, 0.15) is 0 Å². The molecule has 0 aliphatic rings. The number of nitrogens with two attached hydrogens (primary N) is 1. The van der Waals surface area contributed by atoms with Crippen molar-refractivity contribution in [1.82, 2.24) is 0 Å². The number of hydrogen-bond acceptors (Lipinski definition) is 3. The molecule has 0 aliphatic carbocycles. The van der Waals surface area contributed by atoms with E-state index in [9.17, 15) is 13.2 Å². The van der Waals surface area contributed by atoms with Crippen molar-refractivity contribution in [2.75, 3.05) is 11.1 Å². The van der Waals surface area contributed by atoms with E-state index in [4.69, 9.17) is 11.0 Å². The fourth-order valence-corrected chi connectivity index (χ4v) is 2.14. The molecule has 0 fully saturated rings. The Kier molecular flexibility index (Phi) is 4.09. The molecule has 2 aromatic carbocycles. The molecule has 0 atom stereocenters. The highest BCUT2D eigenvalue weighted by molar-refractivity contribution is 9.10. The summed E-state index contributed by atoms with van der Waals surface area (Å²) in [6.45, 7) is 0. The smallest absolute Gasteiger partial charge is 0.397 e. The molecule has 2 rings (SSSR count). The number of nitrogens with zero attached hydrogens (tertiary/aromatic N) is 1.